The summed E-state index contributed by atoms with van der Waals surface area (Å²) in [4.78, 5) is 2.36. The summed E-state index contributed by atoms with van der Waals surface area (Å²) < 4.78 is 0. The van der Waals surface area contributed by atoms with Gasteiger partial charge in [0, 0.05) is 29.8 Å². The molecule has 2 fully saturated rings. The molecule has 4 nitrogen and oxygen atoms in total. The average Bonchev–Trinajstić information content (AvgIpc) is 3.01. The van der Waals surface area contributed by atoms with Crippen LogP contribution in [0.4, 0.5) is 5.82 Å². The summed E-state index contributed by atoms with van der Waals surface area (Å²) in [7, 11) is 0. The SMILES string of the molecule is CC[C@@]1(O)CCC[C@@H]2CN(c3nnc(C)c4ccccc34)C[C@@H]21. The van der Waals surface area contributed by atoms with Gasteiger partial charge in [-0.25, -0.2) is 0 Å². The number of hydrogen-bond acceptors (Lipinski definition) is 4. The number of aromatic nitrogens is 2. The first-order valence-electron chi connectivity index (χ1n) is 8.82. The lowest BCUT2D eigenvalue weighted by molar-refractivity contribution is -0.0597. The van der Waals surface area contributed by atoms with Crippen LogP contribution in [0.1, 0.15) is 38.3 Å². The Balaban J connectivity index is 1.72. The fourth-order valence-corrected chi connectivity index (χ4v) is 4.70. The fraction of sp³-hybridized carbons (Fsp3) is 0.579. The molecule has 1 aromatic carbocycles. The second kappa shape index (κ2) is 5.45. The monoisotopic (exact) mass is 311 g/mol. The van der Waals surface area contributed by atoms with Crippen molar-refractivity contribution < 1.29 is 5.11 Å². The summed E-state index contributed by atoms with van der Waals surface area (Å²) in [5.41, 5.74) is 0.483. The lowest BCUT2D eigenvalue weighted by atomic mass is 9.69. The molecule has 2 aliphatic rings. The van der Waals surface area contributed by atoms with Crippen LogP contribution in [0.5, 0.6) is 0 Å². The number of hydrogen-bond donors (Lipinski definition) is 1. The van der Waals surface area contributed by atoms with Gasteiger partial charge in [0.05, 0.1) is 11.3 Å². The van der Waals surface area contributed by atoms with Crippen molar-refractivity contribution in [3.05, 3.63) is 30.0 Å². The predicted molar refractivity (Wildman–Crippen MR) is 92.6 cm³/mol. The summed E-state index contributed by atoms with van der Waals surface area (Å²) in [5.74, 6) is 1.93. The minimum Gasteiger partial charge on any atom is -0.390 e. The van der Waals surface area contributed by atoms with Gasteiger partial charge < -0.3 is 10.0 Å². The highest BCUT2D eigenvalue weighted by molar-refractivity contribution is 5.93. The smallest absolute Gasteiger partial charge is 0.159 e. The van der Waals surface area contributed by atoms with Gasteiger partial charge in [0.2, 0.25) is 0 Å². The maximum absolute atomic E-state index is 11.0. The lowest BCUT2D eigenvalue weighted by Crippen LogP contribution is -2.44. The molecule has 3 atom stereocenters. The van der Waals surface area contributed by atoms with Gasteiger partial charge in [0.25, 0.3) is 0 Å². The van der Waals surface area contributed by atoms with E-state index in [-0.39, 0.29) is 0 Å². The third-order valence-electron chi connectivity index (χ3n) is 6.08. The van der Waals surface area contributed by atoms with Gasteiger partial charge >= 0.3 is 0 Å². The summed E-state index contributed by atoms with van der Waals surface area (Å²) >= 11 is 0. The molecule has 2 heterocycles. The molecule has 1 aromatic heterocycles. The Morgan fingerprint density at radius 1 is 1.22 bits per heavy atom. The van der Waals surface area contributed by atoms with Crippen LogP contribution < -0.4 is 4.90 Å². The number of benzene rings is 1. The Labute approximate surface area is 137 Å². The number of nitrogens with zero attached hydrogens (tertiary/aromatic N) is 3. The summed E-state index contributed by atoms with van der Waals surface area (Å²) in [6.45, 7) is 6.02. The van der Waals surface area contributed by atoms with Gasteiger partial charge in [0.15, 0.2) is 5.82 Å². The first kappa shape index (κ1) is 14.9. The molecule has 0 radical (unpaired) electrons. The molecule has 1 aliphatic heterocycles. The molecule has 23 heavy (non-hydrogen) atoms. The van der Waals surface area contributed by atoms with Crippen LogP contribution in [0.25, 0.3) is 10.8 Å². The molecule has 4 heteroatoms. The Hall–Kier alpha value is -1.68. The van der Waals surface area contributed by atoms with Crippen molar-refractivity contribution in [2.45, 2.75) is 45.1 Å². The van der Waals surface area contributed by atoms with Gasteiger partial charge in [-0.2, -0.15) is 5.10 Å². The van der Waals surface area contributed by atoms with Crippen LogP contribution in [0, 0.1) is 18.8 Å². The van der Waals surface area contributed by atoms with Crippen LogP contribution in [0.3, 0.4) is 0 Å². The zero-order valence-electron chi connectivity index (χ0n) is 14.0. The summed E-state index contributed by atoms with van der Waals surface area (Å²) in [6, 6.07) is 8.38. The average molecular weight is 311 g/mol. The number of rotatable bonds is 2. The van der Waals surface area contributed by atoms with E-state index in [1.54, 1.807) is 0 Å². The van der Waals surface area contributed by atoms with Crippen molar-refractivity contribution in [1.82, 2.24) is 10.2 Å². The van der Waals surface area contributed by atoms with E-state index >= 15 is 0 Å². The number of anilines is 1. The second-order valence-corrected chi connectivity index (χ2v) is 7.28. The molecule has 4 rings (SSSR count). The van der Waals surface area contributed by atoms with Gasteiger partial charge in [-0.1, -0.05) is 37.6 Å². The van der Waals surface area contributed by atoms with Crippen LogP contribution in [-0.4, -0.2) is 34.0 Å². The largest absolute Gasteiger partial charge is 0.390 e. The maximum atomic E-state index is 11.0. The van der Waals surface area contributed by atoms with E-state index < -0.39 is 5.60 Å². The van der Waals surface area contributed by atoms with Crippen molar-refractivity contribution in [1.29, 1.82) is 0 Å². The van der Waals surface area contributed by atoms with E-state index in [4.69, 9.17) is 0 Å². The Kier molecular flexibility index (Phi) is 3.52. The van der Waals surface area contributed by atoms with Crippen molar-refractivity contribution in [2.24, 2.45) is 11.8 Å². The number of aliphatic hydroxyl groups is 1. The lowest BCUT2D eigenvalue weighted by Gasteiger charge is -2.40. The fourth-order valence-electron chi connectivity index (χ4n) is 4.70. The standard InChI is InChI=1S/C19H25N3O/c1-3-19(23)10-6-7-14-11-22(12-17(14)19)18-16-9-5-4-8-15(16)13(2)20-21-18/h4-5,8-9,14,17,23H,3,6-7,10-12H2,1-2H3/t14-,17+,19-/m1/s1. The van der Waals surface area contributed by atoms with Crippen molar-refractivity contribution in [3.8, 4) is 0 Å². The van der Waals surface area contributed by atoms with Gasteiger partial charge in [0.1, 0.15) is 0 Å². The Morgan fingerprint density at radius 2 is 2.00 bits per heavy atom. The van der Waals surface area contributed by atoms with Gasteiger partial charge in [-0.15, -0.1) is 5.10 Å². The van der Waals surface area contributed by atoms with Crippen molar-refractivity contribution in [2.75, 3.05) is 18.0 Å². The zero-order valence-corrected chi connectivity index (χ0v) is 14.0. The Bertz CT molecular complexity index is 732. The third-order valence-corrected chi connectivity index (χ3v) is 6.08. The maximum Gasteiger partial charge on any atom is 0.159 e. The zero-order chi connectivity index (χ0) is 16.0. The summed E-state index contributed by atoms with van der Waals surface area (Å²) in [6.07, 6.45) is 4.15. The van der Waals surface area contributed by atoms with Crippen molar-refractivity contribution >= 4 is 16.6 Å². The quantitative estimate of drug-likeness (QED) is 0.924. The molecule has 0 spiro atoms. The van der Waals surface area contributed by atoms with Gasteiger partial charge in [-0.3, -0.25) is 0 Å². The van der Waals surface area contributed by atoms with Gasteiger partial charge in [-0.05, 0) is 32.1 Å². The first-order chi connectivity index (χ1) is 11.1. The van der Waals surface area contributed by atoms with Crippen LogP contribution in [0.15, 0.2) is 24.3 Å². The molecule has 2 aromatic rings. The van der Waals surface area contributed by atoms with E-state index in [1.165, 1.54) is 17.2 Å². The second-order valence-electron chi connectivity index (χ2n) is 7.28. The predicted octanol–water partition coefficient (Wildman–Crippen LogP) is 3.32. The van der Waals surface area contributed by atoms with Crippen LogP contribution >= 0.6 is 0 Å². The minimum atomic E-state index is -0.494. The van der Waals surface area contributed by atoms with E-state index in [0.717, 1.165) is 43.9 Å². The molecule has 1 aliphatic carbocycles. The molecular weight excluding hydrogens is 286 g/mol. The molecular formula is C19H25N3O. The molecule has 122 valence electrons. The molecule has 0 amide bonds. The molecule has 1 saturated carbocycles. The molecule has 0 bridgehead atoms. The molecule has 1 saturated heterocycles. The molecule has 0 unspecified atom stereocenters. The van der Waals surface area contributed by atoms with Crippen LogP contribution in [-0.2, 0) is 0 Å². The highest BCUT2D eigenvalue weighted by Crippen LogP contribution is 2.45. The highest BCUT2D eigenvalue weighted by Gasteiger charge is 2.48. The van der Waals surface area contributed by atoms with E-state index in [9.17, 15) is 5.11 Å². The van der Waals surface area contributed by atoms with Crippen LogP contribution in [0.2, 0.25) is 0 Å². The van der Waals surface area contributed by atoms with E-state index in [2.05, 4.69) is 46.3 Å². The third kappa shape index (κ3) is 2.31. The van der Waals surface area contributed by atoms with Crippen molar-refractivity contribution in [3.63, 3.8) is 0 Å². The minimum absolute atomic E-state index is 0.364. The summed E-state index contributed by atoms with van der Waals surface area (Å²) in [5, 5.41) is 22.3. The topological polar surface area (TPSA) is 49.2 Å². The normalized spacial score (nSPS) is 30.7. The van der Waals surface area contributed by atoms with E-state index in [1.807, 2.05) is 6.92 Å². The number of fused-ring (bicyclic) bond motifs is 2. The first-order valence-corrected chi connectivity index (χ1v) is 8.82. The number of aryl methyl sites for hydroxylation is 1. The highest BCUT2D eigenvalue weighted by atomic mass is 16.3. The Morgan fingerprint density at radius 3 is 2.78 bits per heavy atom. The van der Waals surface area contributed by atoms with E-state index in [0.29, 0.717) is 11.8 Å². The molecule has 1 N–H and O–H groups in total.